The van der Waals surface area contributed by atoms with Crippen LogP contribution in [0.25, 0.3) is 0 Å². The highest BCUT2D eigenvalue weighted by atomic mass is 19.4. The third-order valence-corrected chi connectivity index (χ3v) is 4.22. The van der Waals surface area contributed by atoms with Crippen LogP contribution in [0.5, 0.6) is 0 Å². The zero-order valence-electron chi connectivity index (χ0n) is 11.7. The molecule has 0 bridgehead atoms. The lowest BCUT2D eigenvalue weighted by Gasteiger charge is -2.27. The number of hydrazine groups is 1. The van der Waals surface area contributed by atoms with E-state index in [0.29, 0.717) is 0 Å². The van der Waals surface area contributed by atoms with Gasteiger partial charge >= 0.3 is 6.18 Å². The van der Waals surface area contributed by atoms with E-state index in [1.807, 2.05) is 0 Å². The summed E-state index contributed by atoms with van der Waals surface area (Å²) in [5, 5.41) is 0. The van der Waals surface area contributed by atoms with E-state index < -0.39 is 23.6 Å². The van der Waals surface area contributed by atoms with Crippen LogP contribution < -0.4 is 11.3 Å². The van der Waals surface area contributed by atoms with Crippen molar-refractivity contribution in [3.05, 3.63) is 35.1 Å². The van der Waals surface area contributed by atoms with Crippen LogP contribution in [0.1, 0.15) is 55.7 Å². The molecule has 3 N–H and O–H groups in total. The summed E-state index contributed by atoms with van der Waals surface area (Å²) in [4.78, 5) is 0. The van der Waals surface area contributed by atoms with Gasteiger partial charge in [0.25, 0.3) is 0 Å². The number of benzene rings is 1. The molecule has 21 heavy (non-hydrogen) atoms. The molecule has 0 amide bonds. The van der Waals surface area contributed by atoms with E-state index in [1.54, 1.807) is 0 Å². The Morgan fingerprint density at radius 2 is 1.71 bits per heavy atom. The molecule has 1 aliphatic carbocycles. The zero-order chi connectivity index (χ0) is 15.5. The summed E-state index contributed by atoms with van der Waals surface area (Å²) < 4.78 is 52.7. The van der Waals surface area contributed by atoms with E-state index in [4.69, 9.17) is 5.84 Å². The van der Waals surface area contributed by atoms with Gasteiger partial charge in [-0.1, -0.05) is 37.8 Å². The Hall–Kier alpha value is -1.14. The molecule has 1 unspecified atom stereocenters. The van der Waals surface area contributed by atoms with Crippen LogP contribution in [0, 0.1) is 11.7 Å². The second-order valence-corrected chi connectivity index (χ2v) is 5.60. The fourth-order valence-corrected chi connectivity index (χ4v) is 3.13. The average molecular weight is 304 g/mol. The van der Waals surface area contributed by atoms with Gasteiger partial charge in [0.05, 0.1) is 11.6 Å². The standard InChI is InChI=1S/C15H20F4N2/c16-13-11(8-5-9-12(13)15(17,18)19)14(21-20)10-6-3-1-2-4-7-10/h5,8-10,14,21H,1-4,6-7,20H2. The summed E-state index contributed by atoms with van der Waals surface area (Å²) in [5.41, 5.74) is 1.31. The van der Waals surface area contributed by atoms with Crippen molar-refractivity contribution in [2.24, 2.45) is 11.8 Å². The van der Waals surface area contributed by atoms with Gasteiger partial charge in [-0.3, -0.25) is 11.3 Å². The maximum atomic E-state index is 14.2. The van der Waals surface area contributed by atoms with Crippen molar-refractivity contribution in [1.29, 1.82) is 0 Å². The lowest BCUT2D eigenvalue weighted by molar-refractivity contribution is -0.140. The quantitative estimate of drug-likeness (QED) is 0.378. The highest BCUT2D eigenvalue weighted by molar-refractivity contribution is 5.30. The molecule has 0 saturated heterocycles. The Morgan fingerprint density at radius 1 is 1.10 bits per heavy atom. The van der Waals surface area contributed by atoms with E-state index in [9.17, 15) is 17.6 Å². The number of hydrogen-bond acceptors (Lipinski definition) is 2. The molecule has 2 rings (SSSR count). The molecule has 0 aliphatic heterocycles. The summed E-state index contributed by atoms with van der Waals surface area (Å²) in [6, 6.07) is 2.81. The molecule has 1 atom stereocenters. The van der Waals surface area contributed by atoms with Gasteiger partial charge in [-0.05, 0) is 24.8 Å². The van der Waals surface area contributed by atoms with Gasteiger partial charge in [-0.25, -0.2) is 4.39 Å². The molecule has 6 heteroatoms. The Morgan fingerprint density at radius 3 is 2.24 bits per heavy atom. The smallest absolute Gasteiger partial charge is 0.271 e. The van der Waals surface area contributed by atoms with Crippen LogP contribution >= 0.6 is 0 Å². The van der Waals surface area contributed by atoms with Crippen molar-refractivity contribution in [3.8, 4) is 0 Å². The van der Waals surface area contributed by atoms with Crippen molar-refractivity contribution in [1.82, 2.24) is 5.43 Å². The van der Waals surface area contributed by atoms with Crippen molar-refractivity contribution in [2.75, 3.05) is 0 Å². The molecule has 0 radical (unpaired) electrons. The van der Waals surface area contributed by atoms with Gasteiger partial charge in [0, 0.05) is 5.56 Å². The van der Waals surface area contributed by atoms with Gasteiger partial charge in [0.1, 0.15) is 5.82 Å². The number of alkyl halides is 3. The highest BCUT2D eigenvalue weighted by Gasteiger charge is 2.36. The first-order chi connectivity index (χ1) is 9.95. The lowest BCUT2D eigenvalue weighted by Crippen LogP contribution is -2.34. The SMILES string of the molecule is NNC(c1cccc(C(F)(F)F)c1F)C1CCCCCC1. The van der Waals surface area contributed by atoms with E-state index >= 15 is 0 Å². The van der Waals surface area contributed by atoms with Gasteiger partial charge in [0.15, 0.2) is 0 Å². The van der Waals surface area contributed by atoms with E-state index in [2.05, 4.69) is 5.43 Å². The molecule has 1 aromatic rings. The first-order valence-corrected chi connectivity index (χ1v) is 7.27. The molecular formula is C15H20F4N2. The predicted octanol–water partition coefficient (Wildman–Crippen LogP) is 4.32. The Kier molecular flexibility index (Phi) is 5.22. The van der Waals surface area contributed by atoms with Crippen LogP contribution in [0.4, 0.5) is 17.6 Å². The van der Waals surface area contributed by atoms with Crippen LogP contribution in [0.15, 0.2) is 18.2 Å². The van der Waals surface area contributed by atoms with Crippen molar-refractivity contribution >= 4 is 0 Å². The van der Waals surface area contributed by atoms with Crippen molar-refractivity contribution < 1.29 is 17.6 Å². The van der Waals surface area contributed by atoms with Gasteiger partial charge in [-0.15, -0.1) is 0 Å². The van der Waals surface area contributed by atoms with E-state index in [1.165, 1.54) is 12.1 Å². The van der Waals surface area contributed by atoms with Crippen LogP contribution in [-0.2, 0) is 6.18 Å². The fraction of sp³-hybridized carbons (Fsp3) is 0.600. The normalized spacial score (nSPS) is 19.3. The average Bonchev–Trinajstić information content (AvgIpc) is 2.69. The topological polar surface area (TPSA) is 38.0 Å². The second kappa shape index (κ2) is 6.75. The Labute approximate surface area is 121 Å². The summed E-state index contributed by atoms with van der Waals surface area (Å²) in [6.07, 6.45) is 1.24. The number of hydrogen-bond donors (Lipinski definition) is 2. The highest BCUT2D eigenvalue weighted by Crippen LogP contribution is 2.38. The summed E-state index contributed by atoms with van der Waals surface area (Å²) in [7, 11) is 0. The third kappa shape index (κ3) is 3.74. The summed E-state index contributed by atoms with van der Waals surface area (Å²) >= 11 is 0. The minimum atomic E-state index is -4.69. The molecule has 118 valence electrons. The number of halogens is 4. The van der Waals surface area contributed by atoms with Gasteiger partial charge in [0.2, 0.25) is 0 Å². The lowest BCUT2D eigenvalue weighted by atomic mass is 9.86. The third-order valence-electron chi connectivity index (χ3n) is 4.22. The zero-order valence-corrected chi connectivity index (χ0v) is 11.7. The molecule has 0 spiro atoms. The van der Waals surface area contributed by atoms with Crippen molar-refractivity contribution in [3.63, 3.8) is 0 Å². The number of rotatable bonds is 3. The first kappa shape index (κ1) is 16.2. The minimum Gasteiger partial charge on any atom is -0.271 e. The maximum Gasteiger partial charge on any atom is 0.419 e. The maximum absolute atomic E-state index is 14.2. The van der Waals surface area contributed by atoms with Crippen LogP contribution in [0.2, 0.25) is 0 Å². The molecule has 1 aliphatic rings. The minimum absolute atomic E-state index is 0.0132. The van der Waals surface area contributed by atoms with Gasteiger partial charge in [-0.2, -0.15) is 13.2 Å². The second-order valence-electron chi connectivity index (χ2n) is 5.60. The Balaban J connectivity index is 2.33. The number of nitrogens with two attached hydrogens (primary N) is 1. The van der Waals surface area contributed by atoms with E-state index in [-0.39, 0.29) is 11.5 Å². The first-order valence-electron chi connectivity index (χ1n) is 7.27. The molecule has 0 aromatic heterocycles. The van der Waals surface area contributed by atoms with Crippen LogP contribution in [-0.4, -0.2) is 0 Å². The van der Waals surface area contributed by atoms with Crippen LogP contribution in [0.3, 0.4) is 0 Å². The molecule has 1 fully saturated rings. The van der Waals surface area contributed by atoms with E-state index in [0.717, 1.165) is 44.6 Å². The van der Waals surface area contributed by atoms with Gasteiger partial charge < -0.3 is 0 Å². The molecule has 0 heterocycles. The monoisotopic (exact) mass is 304 g/mol. The van der Waals surface area contributed by atoms with Crippen molar-refractivity contribution in [2.45, 2.75) is 50.7 Å². The molecule has 1 aromatic carbocycles. The Bertz CT molecular complexity index is 465. The predicted molar refractivity (Wildman–Crippen MR) is 72.7 cm³/mol. The molecular weight excluding hydrogens is 284 g/mol. The summed E-state index contributed by atoms with van der Waals surface area (Å²) in [6.45, 7) is 0. The largest absolute Gasteiger partial charge is 0.419 e. The fourth-order valence-electron chi connectivity index (χ4n) is 3.13. The summed E-state index contributed by atoms with van der Waals surface area (Å²) in [5.74, 6) is 4.37. The molecule has 1 saturated carbocycles. The molecule has 2 nitrogen and oxygen atoms in total. The number of nitrogens with one attached hydrogen (secondary N) is 1.